The fourth-order valence-corrected chi connectivity index (χ4v) is 2.47. The summed E-state index contributed by atoms with van der Waals surface area (Å²) in [6, 6.07) is 9.80. The van der Waals surface area contributed by atoms with Gasteiger partial charge in [-0.3, -0.25) is 5.10 Å². The van der Waals surface area contributed by atoms with Crippen LogP contribution < -0.4 is 9.03 Å². The third-order valence-electron chi connectivity index (χ3n) is 3.37. The normalized spacial score (nSPS) is 11.4. The lowest BCUT2D eigenvalue weighted by atomic mass is 10.1. The monoisotopic (exact) mass is 404 g/mol. The third-order valence-corrected chi connectivity index (χ3v) is 3.86. The standard InChI is InChI=1S/C16H9Cl2F3N2O3/c17-10-3-1-2-4-12(10)25-14-13(22-23-15(14)16(19,20)21)9-6-5-8(26-18)7-11(9)24/h1-7,24H,(H,22,23). The van der Waals surface area contributed by atoms with Gasteiger partial charge in [-0.1, -0.05) is 23.7 Å². The van der Waals surface area contributed by atoms with Crippen molar-refractivity contribution in [1.29, 1.82) is 0 Å². The van der Waals surface area contributed by atoms with Crippen molar-refractivity contribution in [3.63, 3.8) is 0 Å². The van der Waals surface area contributed by atoms with Gasteiger partial charge in [-0.2, -0.15) is 18.3 Å². The number of aromatic amines is 1. The molecule has 5 nitrogen and oxygen atoms in total. The van der Waals surface area contributed by atoms with Gasteiger partial charge in [0, 0.05) is 11.6 Å². The third kappa shape index (κ3) is 3.51. The molecule has 2 aromatic carbocycles. The van der Waals surface area contributed by atoms with Crippen molar-refractivity contribution >= 4 is 23.5 Å². The highest BCUT2D eigenvalue weighted by atomic mass is 35.5. The number of phenols is 1. The first-order valence-corrected chi connectivity index (χ1v) is 7.70. The Balaban J connectivity index is 2.15. The molecule has 1 heterocycles. The molecule has 3 aromatic rings. The van der Waals surface area contributed by atoms with Crippen LogP contribution in [-0.2, 0) is 6.18 Å². The fraction of sp³-hybridized carbons (Fsp3) is 0.0625. The second kappa shape index (κ2) is 6.97. The highest BCUT2D eigenvalue weighted by molar-refractivity contribution is 6.32. The van der Waals surface area contributed by atoms with Gasteiger partial charge < -0.3 is 14.1 Å². The first kappa shape index (κ1) is 18.2. The Morgan fingerprint density at radius 1 is 1.12 bits per heavy atom. The van der Waals surface area contributed by atoms with Gasteiger partial charge in [0.05, 0.1) is 5.02 Å². The summed E-state index contributed by atoms with van der Waals surface area (Å²) in [5, 5.41) is 15.7. The van der Waals surface area contributed by atoms with Crippen molar-refractivity contribution in [2.24, 2.45) is 0 Å². The van der Waals surface area contributed by atoms with Crippen molar-refractivity contribution in [3.05, 3.63) is 53.2 Å². The van der Waals surface area contributed by atoms with Crippen molar-refractivity contribution in [1.82, 2.24) is 10.2 Å². The van der Waals surface area contributed by atoms with Crippen molar-refractivity contribution in [2.45, 2.75) is 6.18 Å². The van der Waals surface area contributed by atoms with Gasteiger partial charge in [0.15, 0.2) is 11.4 Å². The van der Waals surface area contributed by atoms with E-state index in [1.807, 2.05) is 5.10 Å². The number of H-pyrrole nitrogens is 1. The summed E-state index contributed by atoms with van der Waals surface area (Å²) in [5.74, 6) is -0.914. The molecule has 0 saturated carbocycles. The molecule has 0 radical (unpaired) electrons. The molecule has 0 unspecified atom stereocenters. The van der Waals surface area contributed by atoms with E-state index in [1.165, 1.54) is 24.3 Å². The van der Waals surface area contributed by atoms with Crippen molar-refractivity contribution in [3.8, 4) is 34.3 Å². The lowest BCUT2D eigenvalue weighted by molar-refractivity contribution is -0.142. The molecule has 0 bridgehead atoms. The van der Waals surface area contributed by atoms with Crippen LogP contribution in [0.25, 0.3) is 11.3 Å². The minimum atomic E-state index is -4.77. The van der Waals surface area contributed by atoms with Crippen LogP contribution in [0.2, 0.25) is 5.02 Å². The number of hydrogen-bond donors (Lipinski definition) is 2. The number of halogens is 5. The Kier molecular flexibility index (Phi) is 4.88. The predicted molar refractivity (Wildman–Crippen MR) is 88.7 cm³/mol. The summed E-state index contributed by atoms with van der Waals surface area (Å²) in [6.07, 6.45) is -4.77. The maximum atomic E-state index is 13.3. The highest BCUT2D eigenvalue weighted by Crippen LogP contribution is 2.45. The van der Waals surface area contributed by atoms with Crippen LogP contribution in [0.3, 0.4) is 0 Å². The van der Waals surface area contributed by atoms with E-state index in [-0.39, 0.29) is 27.8 Å². The Morgan fingerprint density at radius 3 is 2.46 bits per heavy atom. The van der Waals surface area contributed by atoms with Gasteiger partial charge in [0.1, 0.15) is 34.8 Å². The summed E-state index contributed by atoms with van der Waals surface area (Å²) in [5.41, 5.74) is -1.49. The largest absolute Gasteiger partial charge is 0.507 e. The van der Waals surface area contributed by atoms with Crippen LogP contribution in [0.1, 0.15) is 5.69 Å². The first-order chi connectivity index (χ1) is 12.3. The average Bonchev–Trinajstić information content (AvgIpc) is 3.00. The summed E-state index contributed by atoms with van der Waals surface area (Å²) in [4.78, 5) is 0. The summed E-state index contributed by atoms with van der Waals surface area (Å²) < 4.78 is 49.8. The van der Waals surface area contributed by atoms with Gasteiger partial charge in [-0.05, 0) is 24.3 Å². The number of nitrogens with zero attached hydrogens (tertiary/aromatic N) is 1. The van der Waals surface area contributed by atoms with Crippen molar-refractivity contribution < 1.29 is 27.3 Å². The lowest BCUT2D eigenvalue weighted by Gasteiger charge is -2.12. The number of benzene rings is 2. The number of ether oxygens (including phenoxy) is 1. The fourth-order valence-electron chi connectivity index (χ4n) is 2.20. The zero-order valence-corrected chi connectivity index (χ0v) is 14.2. The second-order valence-corrected chi connectivity index (χ2v) is 5.62. The summed E-state index contributed by atoms with van der Waals surface area (Å²) >= 11 is 11.2. The topological polar surface area (TPSA) is 67.4 Å². The van der Waals surface area contributed by atoms with Gasteiger partial charge in [-0.25, -0.2) is 0 Å². The smallest absolute Gasteiger partial charge is 0.436 e. The quantitative estimate of drug-likeness (QED) is 0.578. The molecule has 0 aliphatic carbocycles. The minimum absolute atomic E-state index is 0.00233. The molecule has 0 atom stereocenters. The van der Waals surface area contributed by atoms with E-state index < -0.39 is 23.4 Å². The maximum absolute atomic E-state index is 13.3. The molecule has 1 aromatic heterocycles. The number of hydrogen-bond acceptors (Lipinski definition) is 4. The van der Waals surface area contributed by atoms with E-state index in [0.29, 0.717) is 0 Å². The van der Waals surface area contributed by atoms with Gasteiger partial charge in [-0.15, -0.1) is 0 Å². The van der Waals surface area contributed by atoms with E-state index >= 15 is 0 Å². The minimum Gasteiger partial charge on any atom is -0.507 e. The molecule has 136 valence electrons. The molecular formula is C16H9Cl2F3N2O3. The van der Waals surface area contributed by atoms with Gasteiger partial charge in [0.2, 0.25) is 0 Å². The molecule has 26 heavy (non-hydrogen) atoms. The number of para-hydroxylation sites is 1. The molecule has 3 rings (SSSR count). The molecule has 0 aliphatic heterocycles. The van der Waals surface area contributed by atoms with Gasteiger partial charge in [0.25, 0.3) is 0 Å². The predicted octanol–water partition coefficient (Wildman–Crippen LogP) is 5.78. The number of nitrogens with one attached hydrogen (secondary N) is 1. The molecule has 10 heteroatoms. The van der Waals surface area contributed by atoms with Crippen molar-refractivity contribution in [2.75, 3.05) is 0 Å². The number of aromatic hydroxyl groups is 1. The number of rotatable bonds is 4. The Labute approximate surface area is 155 Å². The van der Waals surface area contributed by atoms with E-state index in [0.717, 1.165) is 6.07 Å². The van der Waals surface area contributed by atoms with Crippen LogP contribution in [0, 0.1) is 0 Å². The second-order valence-electron chi connectivity index (χ2n) is 5.06. The summed E-state index contributed by atoms with van der Waals surface area (Å²) in [7, 11) is 0. The SMILES string of the molecule is Oc1cc(OCl)ccc1-c1n[nH]c(C(F)(F)F)c1Oc1ccccc1Cl. The van der Waals surface area contributed by atoms with E-state index in [4.69, 9.17) is 28.2 Å². The maximum Gasteiger partial charge on any atom is 0.436 e. The van der Waals surface area contributed by atoms with E-state index in [1.54, 1.807) is 12.1 Å². The Morgan fingerprint density at radius 2 is 1.85 bits per heavy atom. The Bertz CT molecular complexity index is 945. The molecular weight excluding hydrogens is 396 g/mol. The Hall–Kier alpha value is -2.58. The molecule has 0 amide bonds. The van der Waals surface area contributed by atoms with Gasteiger partial charge >= 0.3 is 6.18 Å². The first-order valence-electron chi connectivity index (χ1n) is 7.01. The molecule has 0 spiro atoms. The van der Waals surface area contributed by atoms with Crippen LogP contribution in [0.15, 0.2) is 42.5 Å². The average molecular weight is 405 g/mol. The van der Waals surface area contributed by atoms with Crippen LogP contribution in [0.4, 0.5) is 13.2 Å². The van der Waals surface area contributed by atoms with E-state index in [2.05, 4.69) is 9.39 Å². The molecule has 2 N–H and O–H groups in total. The van der Waals surface area contributed by atoms with E-state index in [9.17, 15) is 18.3 Å². The highest BCUT2D eigenvalue weighted by Gasteiger charge is 2.39. The lowest BCUT2D eigenvalue weighted by Crippen LogP contribution is -2.07. The zero-order valence-electron chi connectivity index (χ0n) is 12.6. The summed E-state index contributed by atoms with van der Waals surface area (Å²) in [6.45, 7) is 0. The number of alkyl halides is 3. The molecule has 0 fully saturated rings. The number of aromatic nitrogens is 2. The van der Waals surface area contributed by atoms with Crippen LogP contribution in [0.5, 0.6) is 23.0 Å². The number of phenolic OH excluding ortho intramolecular Hbond substituents is 1. The molecule has 0 saturated heterocycles. The molecule has 0 aliphatic rings. The zero-order chi connectivity index (χ0) is 18.9. The van der Waals surface area contributed by atoms with Crippen LogP contribution >= 0.6 is 23.5 Å². The van der Waals surface area contributed by atoms with Crippen LogP contribution in [-0.4, -0.2) is 15.3 Å².